The number of carboxylic acid groups (broad SMARTS) is 1. The van der Waals surface area contributed by atoms with Gasteiger partial charge in [0.25, 0.3) is 0 Å². The molecule has 96 valence electrons. The van der Waals surface area contributed by atoms with Crippen LogP contribution in [0.2, 0.25) is 0 Å². The van der Waals surface area contributed by atoms with Crippen molar-refractivity contribution < 1.29 is 14.7 Å². The van der Waals surface area contributed by atoms with E-state index in [1.54, 1.807) is 0 Å². The molecule has 1 aliphatic rings. The lowest BCUT2D eigenvalue weighted by Gasteiger charge is -2.24. The highest BCUT2D eigenvalue weighted by atomic mass is 16.4. The number of rotatable bonds is 4. The van der Waals surface area contributed by atoms with Crippen LogP contribution >= 0.6 is 0 Å². The molecule has 5 nitrogen and oxygen atoms in total. The van der Waals surface area contributed by atoms with Crippen LogP contribution in [0.15, 0.2) is 30.3 Å². The van der Waals surface area contributed by atoms with Gasteiger partial charge in [-0.05, 0) is 12.0 Å². The fraction of sp³-hybridized carbons (Fsp3) is 0.385. The van der Waals surface area contributed by atoms with Gasteiger partial charge in [-0.3, -0.25) is 4.79 Å². The van der Waals surface area contributed by atoms with Gasteiger partial charge < -0.3 is 15.7 Å². The second-order valence-electron chi connectivity index (χ2n) is 4.47. The third-order valence-corrected chi connectivity index (χ3v) is 3.21. The third-order valence-electron chi connectivity index (χ3n) is 3.21. The minimum absolute atomic E-state index is 0.265. The lowest BCUT2D eigenvalue weighted by Crippen LogP contribution is -2.46. The first-order valence-electron chi connectivity index (χ1n) is 5.92. The van der Waals surface area contributed by atoms with Crippen LogP contribution in [0.4, 0.5) is 0 Å². The van der Waals surface area contributed by atoms with Gasteiger partial charge in [-0.2, -0.15) is 0 Å². The number of nitrogens with two attached hydrogens (primary N) is 1. The number of hydrogen-bond donors (Lipinski definition) is 2. The van der Waals surface area contributed by atoms with E-state index < -0.39 is 18.1 Å². The number of nitrogens with zero attached hydrogens (tertiary/aromatic N) is 1. The number of carbonyl (C=O) groups excluding carboxylic acids is 1. The van der Waals surface area contributed by atoms with Gasteiger partial charge in [0.2, 0.25) is 5.91 Å². The average molecular weight is 248 g/mol. The van der Waals surface area contributed by atoms with Crippen molar-refractivity contribution in [3.8, 4) is 0 Å². The maximum absolute atomic E-state index is 11.8. The molecule has 1 aliphatic heterocycles. The van der Waals surface area contributed by atoms with Crippen molar-refractivity contribution in [2.75, 3.05) is 6.54 Å². The van der Waals surface area contributed by atoms with Gasteiger partial charge in [-0.1, -0.05) is 30.3 Å². The molecule has 0 bridgehead atoms. The molecular weight excluding hydrogens is 232 g/mol. The maximum atomic E-state index is 11.8. The number of benzene rings is 1. The molecular formula is C13H16N2O3. The molecule has 1 aromatic rings. The number of likely N-dealkylation sites (tertiary alicyclic amines) is 1. The van der Waals surface area contributed by atoms with Crippen molar-refractivity contribution in [1.29, 1.82) is 0 Å². The quantitative estimate of drug-likeness (QED) is 0.799. The van der Waals surface area contributed by atoms with E-state index in [-0.39, 0.29) is 5.91 Å². The number of carbonyl (C=O) groups is 2. The van der Waals surface area contributed by atoms with Gasteiger partial charge in [-0.25, -0.2) is 4.79 Å². The maximum Gasteiger partial charge on any atom is 0.326 e. The molecule has 2 rings (SSSR count). The summed E-state index contributed by atoms with van der Waals surface area (Å²) in [6.45, 7) is 0.420. The Morgan fingerprint density at radius 2 is 2.11 bits per heavy atom. The summed E-state index contributed by atoms with van der Waals surface area (Å²) >= 11 is 0. The zero-order valence-corrected chi connectivity index (χ0v) is 9.95. The summed E-state index contributed by atoms with van der Waals surface area (Å²) in [5.74, 6) is -1.25. The van der Waals surface area contributed by atoms with Crippen molar-refractivity contribution in [3.05, 3.63) is 35.9 Å². The highest BCUT2D eigenvalue weighted by Gasteiger charge is 2.37. The Morgan fingerprint density at radius 3 is 2.61 bits per heavy atom. The number of aliphatic carboxylic acids is 1. The average Bonchev–Trinajstić information content (AvgIpc) is 2.68. The monoisotopic (exact) mass is 248 g/mol. The van der Waals surface area contributed by atoms with Crippen LogP contribution in [0.5, 0.6) is 0 Å². The first-order chi connectivity index (χ1) is 8.59. The minimum atomic E-state index is -0.985. The second-order valence-corrected chi connectivity index (χ2v) is 4.47. The summed E-state index contributed by atoms with van der Waals surface area (Å²) in [5.41, 5.74) is 6.52. The van der Waals surface area contributed by atoms with E-state index in [0.717, 1.165) is 5.56 Å². The SMILES string of the molecule is NC1CCN(C(Cc2ccccc2)C(=O)O)C1=O. The fourth-order valence-electron chi connectivity index (χ4n) is 2.20. The minimum Gasteiger partial charge on any atom is -0.480 e. The van der Waals surface area contributed by atoms with E-state index in [1.165, 1.54) is 4.90 Å². The fourth-order valence-corrected chi connectivity index (χ4v) is 2.20. The van der Waals surface area contributed by atoms with E-state index in [9.17, 15) is 14.7 Å². The zero-order valence-electron chi connectivity index (χ0n) is 9.95. The first kappa shape index (κ1) is 12.6. The highest BCUT2D eigenvalue weighted by Crippen LogP contribution is 2.17. The standard InChI is InChI=1S/C13H16N2O3/c14-10-6-7-15(12(10)16)11(13(17)18)8-9-4-2-1-3-5-9/h1-5,10-11H,6-8,14H2,(H,17,18). The molecule has 0 radical (unpaired) electrons. The van der Waals surface area contributed by atoms with Crippen LogP contribution in [0.3, 0.4) is 0 Å². The molecule has 0 aromatic heterocycles. The topological polar surface area (TPSA) is 83.6 Å². The summed E-state index contributed by atoms with van der Waals surface area (Å²) in [6, 6.07) is 7.91. The smallest absolute Gasteiger partial charge is 0.326 e. The molecule has 3 N–H and O–H groups in total. The molecule has 0 saturated carbocycles. The molecule has 1 aromatic carbocycles. The Bertz CT molecular complexity index is 447. The second kappa shape index (κ2) is 5.18. The van der Waals surface area contributed by atoms with Crippen molar-refractivity contribution in [1.82, 2.24) is 4.90 Å². The van der Waals surface area contributed by atoms with Crippen LogP contribution in [0.25, 0.3) is 0 Å². The molecule has 1 fully saturated rings. The van der Waals surface area contributed by atoms with Gasteiger partial charge in [0.05, 0.1) is 6.04 Å². The van der Waals surface area contributed by atoms with Gasteiger partial charge in [-0.15, -0.1) is 0 Å². The predicted octanol–water partition coefficient (Wildman–Crippen LogP) is 0.242. The van der Waals surface area contributed by atoms with Crippen molar-refractivity contribution in [2.45, 2.75) is 24.9 Å². The van der Waals surface area contributed by atoms with Crippen LogP contribution in [0, 0.1) is 0 Å². The normalized spacial score (nSPS) is 21.1. The molecule has 18 heavy (non-hydrogen) atoms. The highest BCUT2D eigenvalue weighted by molar-refractivity contribution is 5.88. The summed E-state index contributed by atoms with van der Waals surface area (Å²) in [6.07, 6.45) is 0.839. The summed E-state index contributed by atoms with van der Waals surface area (Å²) in [4.78, 5) is 24.5. The number of carboxylic acids is 1. The van der Waals surface area contributed by atoms with E-state index in [4.69, 9.17) is 5.73 Å². The molecule has 1 amide bonds. The van der Waals surface area contributed by atoms with Gasteiger partial charge >= 0.3 is 5.97 Å². The van der Waals surface area contributed by atoms with Crippen molar-refractivity contribution in [3.63, 3.8) is 0 Å². The van der Waals surface area contributed by atoms with E-state index in [0.29, 0.717) is 19.4 Å². The van der Waals surface area contributed by atoms with E-state index in [2.05, 4.69) is 0 Å². The summed E-state index contributed by atoms with van der Waals surface area (Å²) in [7, 11) is 0. The van der Waals surface area contributed by atoms with E-state index >= 15 is 0 Å². The Balaban J connectivity index is 2.15. The molecule has 1 heterocycles. The Kier molecular flexibility index (Phi) is 3.62. The van der Waals surface area contributed by atoms with E-state index in [1.807, 2.05) is 30.3 Å². The Hall–Kier alpha value is -1.88. The summed E-state index contributed by atoms with van der Waals surface area (Å²) in [5, 5.41) is 9.26. The number of hydrogen-bond acceptors (Lipinski definition) is 3. The van der Waals surface area contributed by atoms with Crippen LogP contribution in [-0.4, -0.2) is 40.5 Å². The van der Waals surface area contributed by atoms with Crippen molar-refractivity contribution in [2.24, 2.45) is 5.73 Å². The predicted molar refractivity (Wildman–Crippen MR) is 65.9 cm³/mol. The Labute approximate surface area is 105 Å². The third kappa shape index (κ3) is 2.51. The molecule has 5 heteroatoms. The Morgan fingerprint density at radius 1 is 1.44 bits per heavy atom. The summed E-state index contributed by atoms with van der Waals surface area (Å²) < 4.78 is 0. The molecule has 2 atom stereocenters. The zero-order chi connectivity index (χ0) is 13.1. The van der Waals surface area contributed by atoms with Gasteiger partial charge in [0, 0.05) is 13.0 Å². The first-order valence-corrected chi connectivity index (χ1v) is 5.92. The van der Waals surface area contributed by atoms with Gasteiger partial charge in [0.1, 0.15) is 6.04 Å². The van der Waals surface area contributed by atoms with Gasteiger partial charge in [0.15, 0.2) is 0 Å². The van der Waals surface area contributed by atoms with Crippen LogP contribution in [0.1, 0.15) is 12.0 Å². The van der Waals surface area contributed by atoms with Crippen LogP contribution in [-0.2, 0) is 16.0 Å². The lowest BCUT2D eigenvalue weighted by atomic mass is 10.1. The lowest BCUT2D eigenvalue weighted by molar-refractivity contribution is -0.148. The molecule has 1 saturated heterocycles. The largest absolute Gasteiger partial charge is 0.480 e. The van der Waals surface area contributed by atoms with Crippen LogP contribution < -0.4 is 5.73 Å². The van der Waals surface area contributed by atoms with Crippen molar-refractivity contribution >= 4 is 11.9 Å². The number of amides is 1. The molecule has 0 spiro atoms. The molecule has 2 unspecified atom stereocenters. The molecule has 0 aliphatic carbocycles.